The highest BCUT2D eigenvalue weighted by atomic mass is 16.6. The van der Waals surface area contributed by atoms with Gasteiger partial charge < -0.3 is 14.2 Å². The van der Waals surface area contributed by atoms with Crippen LogP contribution in [-0.2, 0) is 28.6 Å². The molecule has 0 saturated heterocycles. The molecule has 470 valence electrons. The van der Waals surface area contributed by atoms with Gasteiger partial charge in [0, 0.05) is 19.3 Å². The predicted octanol–water partition coefficient (Wildman–Crippen LogP) is 24.2. The Balaban J connectivity index is 4.19. The van der Waals surface area contributed by atoms with Gasteiger partial charge in [-0.1, -0.05) is 297 Å². The highest BCUT2D eigenvalue weighted by Crippen LogP contribution is 2.16. The molecule has 0 radical (unpaired) electrons. The smallest absolute Gasteiger partial charge is 0.306 e. The molecule has 0 aliphatic carbocycles. The van der Waals surface area contributed by atoms with Gasteiger partial charge in [0.2, 0.25) is 0 Å². The third kappa shape index (κ3) is 66.9. The molecule has 0 aromatic heterocycles. The summed E-state index contributed by atoms with van der Waals surface area (Å²) in [6.45, 7) is 6.52. The fourth-order valence-electron chi connectivity index (χ4n) is 9.77. The molecule has 1 atom stereocenters. The summed E-state index contributed by atoms with van der Waals surface area (Å²) < 4.78 is 16.9. The largest absolute Gasteiger partial charge is 0.462 e. The van der Waals surface area contributed by atoms with E-state index in [1.807, 2.05) is 0 Å². The van der Waals surface area contributed by atoms with Crippen LogP contribution in [0, 0.1) is 0 Å². The topological polar surface area (TPSA) is 78.9 Å². The highest BCUT2D eigenvalue weighted by molar-refractivity contribution is 5.71. The Morgan fingerprint density at radius 3 is 0.768 bits per heavy atom. The van der Waals surface area contributed by atoms with Crippen LogP contribution in [0.15, 0.2) is 109 Å². The van der Waals surface area contributed by atoms with Crippen LogP contribution in [0.5, 0.6) is 0 Å². The van der Waals surface area contributed by atoms with Crippen molar-refractivity contribution >= 4 is 17.9 Å². The van der Waals surface area contributed by atoms with Crippen LogP contribution in [0.2, 0.25) is 0 Å². The molecule has 0 aliphatic heterocycles. The molecular weight excluding hydrogens is 1010 g/mol. The Morgan fingerprint density at radius 1 is 0.256 bits per heavy atom. The minimum atomic E-state index is -0.786. The van der Waals surface area contributed by atoms with Crippen molar-refractivity contribution in [3.05, 3.63) is 109 Å². The molecule has 1 unspecified atom stereocenters. The van der Waals surface area contributed by atoms with E-state index in [0.717, 1.165) is 122 Å². The lowest BCUT2D eigenvalue weighted by Crippen LogP contribution is -2.30. The minimum absolute atomic E-state index is 0.0822. The van der Waals surface area contributed by atoms with E-state index < -0.39 is 6.10 Å². The summed E-state index contributed by atoms with van der Waals surface area (Å²) in [6, 6.07) is 0. The van der Waals surface area contributed by atoms with E-state index in [4.69, 9.17) is 14.2 Å². The molecule has 0 aliphatic rings. The van der Waals surface area contributed by atoms with Crippen LogP contribution in [0.25, 0.3) is 0 Å². The van der Waals surface area contributed by atoms with E-state index in [1.54, 1.807) is 0 Å². The van der Waals surface area contributed by atoms with Crippen molar-refractivity contribution in [2.75, 3.05) is 13.2 Å². The van der Waals surface area contributed by atoms with E-state index >= 15 is 0 Å². The number of carbonyl (C=O) groups excluding carboxylic acids is 3. The third-order valence-electron chi connectivity index (χ3n) is 15.0. The molecule has 0 rings (SSSR count). The fraction of sp³-hybridized carbons (Fsp3) is 0.724. The van der Waals surface area contributed by atoms with Crippen LogP contribution < -0.4 is 0 Å². The number of ether oxygens (including phenoxy) is 3. The Hall–Kier alpha value is -3.93. The molecule has 0 amide bonds. The zero-order chi connectivity index (χ0) is 59.2. The van der Waals surface area contributed by atoms with Gasteiger partial charge in [0.05, 0.1) is 0 Å². The van der Waals surface area contributed by atoms with E-state index in [2.05, 4.69) is 130 Å². The van der Waals surface area contributed by atoms with Gasteiger partial charge in [-0.05, 0) is 128 Å². The first-order valence-corrected chi connectivity index (χ1v) is 34.9. The molecule has 0 spiro atoms. The van der Waals surface area contributed by atoms with Crippen molar-refractivity contribution in [2.24, 2.45) is 0 Å². The van der Waals surface area contributed by atoms with Crippen molar-refractivity contribution < 1.29 is 28.6 Å². The molecule has 0 aromatic carbocycles. The maximum absolute atomic E-state index is 12.9. The van der Waals surface area contributed by atoms with E-state index in [0.29, 0.717) is 19.3 Å². The molecule has 0 heterocycles. The second-order valence-corrected chi connectivity index (χ2v) is 23.1. The minimum Gasteiger partial charge on any atom is -0.462 e. The fourth-order valence-corrected chi connectivity index (χ4v) is 9.77. The summed E-state index contributed by atoms with van der Waals surface area (Å²) in [5.41, 5.74) is 0. The van der Waals surface area contributed by atoms with Crippen molar-refractivity contribution in [2.45, 2.75) is 341 Å². The Labute approximate surface area is 508 Å². The van der Waals surface area contributed by atoms with Crippen LogP contribution in [0.1, 0.15) is 335 Å². The molecule has 0 bridgehead atoms. The number of hydrogen-bond donors (Lipinski definition) is 0. The number of carbonyl (C=O) groups is 3. The van der Waals surface area contributed by atoms with E-state index in [-0.39, 0.29) is 31.1 Å². The SMILES string of the molecule is CC/C=C\C/C=C\C/C=C\C/C=C\C/C=C\C/C=C\C/C=C\CCCCCCCCCCCCCCCC(=O)OCC(COC(=O)CCCCCCC/C=C\CCCCCC)OC(=O)CCCCCCC/C=C\CCCCCCCCC. The van der Waals surface area contributed by atoms with Gasteiger partial charge >= 0.3 is 17.9 Å². The maximum Gasteiger partial charge on any atom is 0.306 e. The van der Waals surface area contributed by atoms with Crippen molar-refractivity contribution in [3.8, 4) is 0 Å². The quantitative estimate of drug-likeness (QED) is 0.0261. The number of hydrogen-bond acceptors (Lipinski definition) is 6. The van der Waals surface area contributed by atoms with Gasteiger partial charge in [-0.3, -0.25) is 14.4 Å². The van der Waals surface area contributed by atoms with Gasteiger partial charge in [-0.2, -0.15) is 0 Å². The normalized spacial score (nSPS) is 12.8. The summed E-state index contributed by atoms with van der Waals surface area (Å²) >= 11 is 0. The van der Waals surface area contributed by atoms with Gasteiger partial charge in [0.1, 0.15) is 13.2 Å². The molecule has 0 N–H and O–H groups in total. The zero-order valence-electron chi connectivity index (χ0n) is 54.0. The Bertz CT molecular complexity index is 1640. The van der Waals surface area contributed by atoms with Crippen molar-refractivity contribution in [3.63, 3.8) is 0 Å². The first kappa shape index (κ1) is 78.1. The lowest BCUT2D eigenvalue weighted by Gasteiger charge is -2.18. The molecule has 6 heteroatoms. The first-order chi connectivity index (χ1) is 40.5. The summed E-state index contributed by atoms with van der Waals surface area (Å²) in [5.74, 6) is -0.888. The Morgan fingerprint density at radius 2 is 0.476 bits per heavy atom. The van der Waals surface area contributed by atoms with Gasteiger partial charge in [-0.15, -0.1) is 0 Å². The second-order valence-electron chi connectivity index (χ2n) is 23.1. The van der Waals surface area contributed by atoms with Gasteiger partial charge in [0.25, 0.3) is 0 Å². The standard InChI is InChI=1S/C76H130O6/c1-4-7-10-13-16-19-22-25-27-29-30-31-32-33-34-35-36-37-38-39-40-41-42-43-44-45-46-47-49-51-54-57-60-63-66-69-75(78)81-72-73(71-80-74(77)68-65-62-59-56-53-50-24-21-18-15-12-9-6-3)82-76(79)70-67-64-61-58-55-52-48-28-26-23-20-17-14-11-8-5-2/h7,10,16,19,21,24-25,27-28,30-31,33-34,36-37,39-40,48,73H,4-6,8-9,11-15,17-18,20,22-23,26,29,32,35,38,41-47,49-72H2,1-3H3/b10-7-,19-16-,24-21-,27-25-,31-30-,34-33-,37-36-,40-39-,48-28-. The monoisotopic (exact) mass is 1140 g/mol. The van der Waals surface area contributed by atoms with Crippen LogP contribution >= 0.6 is 0 Å². The van der Waals surface area contributed by atoms with Gasteiger partial charge in [-0.25, -0.2) is 0 Å². The molecule has 0 saturated carbocycles. The molecule has 6 nitrogen and oxygen atoms in total. The molecule has 0 aromatic rings. The molecular formula is C76H130O6. The number of esters is 3. The molecule has 82 heavy (non-hydrogen) atoms. The third-order valence-corrected chi connectivity index (χ3v) is 15.0. The summed E-state index contributed by atoms with van der Waals surface area (Å²) in [6.07, 6.45) is 95.4. The van der Waals surface area contributed by atoms with Crippen molar-refractivity contribution in [1.29, 1.82) is 0 Å². The van der Waals surface area contributed by atoms with E-state index in [9.17, 15) is 14.4 Å². The number of allylic oxidation sites excluding steroid dienone is 18. The average Bonchev–Trinajstić information content (AvgIpc) is 3.47. The van der Waals surface area contributed by atoms with Crippen molar-refractivity contribution in [1.82, 2.24) is 0 Å². The Kier molecular flexibility index (Phi) is 66.2. The summed E-state index contributed by atoms with van der Waals surface area (Å²) in [4.78, 5) is 38.3. The maximum atomic E-state index is 12.9. The van der Waals surface area contributed by atoms with Crippen LogP contribution in [0.3, 0.4) is 0 Å². The number of rotatable bonds is 63. The van der Waals surface area contributed by atoms with E-state index in [1.165, 1.54) is 173 Å². The number of unbranched alkanes of at least 4 members (excludes halogenated alkanes) is 34. The predicted molar refractivity (Wildman–Crippen MR) is 357 cm³/mol. The zero-order valence-corrected chi connectivity index (χ0v) is 54.0. The lowest BCUT2D eigenvalue weighted by atomic mass is 10.0. The van der Waals surface area contributed by atoms with Crippen LogP contribution in [0.4, 0.5) is 0 Å². The summed E-state index contributed by atoms with van der Waals surface area (Å²) in [5, 5.41) is 0. The molecule has 0 fully saturated rings. The highest BCUT2D eigenvalue weighted by Gasteiger charge is 2.19. The average molecular weight is 1140 g/mol. The first-order valence-electron chi connectivity index (χ1n) is 34.9. The van der Waals surface area contributed by atoms with Gasteiger partial charge in [0.15, 0.2) is 6.10 Å². The second kappa shape index (κ2) is 69.6. The van der Waals surface area contributed by atoms with Crippen LogP contribution in [-0.4, -0.2) is 37.2 Å². The summed E-state index contributed by atoms with van der Waals surface area (Å²) in [7, 11) is 0. The lowest BCUT2D eigenvalue weighted by molar-refractivity contribution is -0.167.